The Morgan fingerprint density at radius 1 is 0.778 bits per heavy atom. The van der Waals surface area contributed by atoms with E-state index in [1.54, 1.807) is 0 Å². The Balaban J connectivity index is 1.63. The Morgan fingerprint density at radius 2 is 1.33 bits per heavy atom. The van der Waals surface area contributed by atoms with Crippen LogP contribution in [0.1, 0.15) is 51.3 Å². The second-order valence-corrected chi connectivity index (χ2v) is 11.1. The molecule has 4 aromatic carbocycles. The first-order chi connectivity index (χ1) is 17.5. The number of allylic oxidation sites excluding steroid dienone is 4. The molecule has 0 heterocycles. The highest BCUT2D eigenvalue weighted by molar-refractivity contribution is 7.23. The molecule has 0 N–H and O–H groups in total. The third-order valence-corrected chi connectivity index (χ3v) is 9.29. The van der Waals surface area contributed by atoms with Crippen molar-refractivity contribution in [2.45, 2.75) is 31.6 Å². The number of fused-ring (bicyclic) bond motifs is 8. The summed E-state index contributed by atoms with van der Waals surface area (Å²) >= 11 is 0. The molecule has 172 valence electrons. The van der Waals surface area contributed by atoms with E-state index < -0.39 is 0 Å². The molecule has 1 atom stereocenters. The van der Waals surface area contributed by atoms with E-state index in [1.807, 2.05) is 0 Å². The molecule has 0 aromatic heterocycles. The molecule has 36 heavy (non-hydrogen) atoms. The van der Waals surface area contributed by atoms with Gasteiger partial charge in [0, 0.05) is 11.2 Å². The zero-order chi connectivity index (χ0) is 24.6. The van der Waals surface area contributed by atoms with E-state index >= 15 is 0 Å². The SMILES string of the molecule is Bc1c(C)cc(C)cc1C1CC=CC2=C1C(=P)c1ccccc1C21c2ccccc2-c2ccccc21. The van der Waals surface area contributed by atoms with Crippen LogP contribution in [-0.2, 0) is 5.41 Å². The van der Waals surface area contributed by atoms with E-state index in [2.05, 4.69) is 128 Å². The molecule has 1 spiro atoms. The van der Waals surface area contributed by atoms with Crippen LogP contribution in [0.15, 0.2) is 108 Å². The van der Waals surface area contributed by atoms with E-state index in [0.29, 0.717) is 5.92 Å². The zero-order valence-corrected chi connectivity index (χ0v) is 22.0. The number of benzene rings is 4. The van der Waals surface area contributed by atoms with Crippen LogP contribution in [0.25, 0.3) is 11.1 Å². The summed E-state index contributed by atoms with van der Waals surface area (Å²) in [5.74, 6) is 0.307. The first-order valence-electron chi connectivity index (χ1n) is 12.9. The molecule has 7 rings (SSSR count). The fourth-order valence-electron chi connectivity index (χ4n) is 7.20. The number of rotatable bonds is 1. The smallest absolute Gasteiger partial charge is 0.113 e. The minimum absolute atomic E-state index is 0.307. The quantitative estimate of drug-likeness (QED) is 0.214. The normalized spacial score (nSPS) is 18.6. The van der Waals surface area contributed by atoms with Crippen molar-refractivity contribution in [2.75, 3.05) is 0 Å². The van der Waals surface area contributed by atoms with E-state index in [4.69, 9.17) is 0 Å². The molecular formula is C34H28BP. The molecule has 0 bridgehead atoms. The predicted octanol–water partition coefficient (Wildman–Crippen LogP) is 6.59. The monoisotopic (exact) mass is 478 g/mol. The highest BCUT2D eigenvalue weighted by Crippen LogP contribution is 2.61. The van der Waals surface area contributed by atoms with Crippen LogP contribution >= 0.6 is 8.86 Å². The zero-order valence-electron chi connectivity index (χ0n) is 21.0. The minimum Gasteiger partial charge on any atom is -0.113 e. The third-order valence-electron chi connectivity index (χ3n) is 8.75. The van der Waals surface area contributed by atoms with Gasteiger partial charge in [0.1, 0.15) is 7.85 Å². The number of hydrogen-bond acceptors (Lipinski definition) is 0. The summed E-state index contributed by atoms with van der Waals surface area (Å²) in [5.41, 5.74) is 16.3. The van der Waals surface area contributed by atoms with Crippen LogP contribution < -0.4 is 5.46 Å². The summed E-state index contributed by atoms with van der Waals surface area (Å²) in [5, 5.41) is 1.24. The molecule has 0 fully saturated rings. The molecule has 0 radical (unpaired) electrons. The topological polar surface area (TPSA) is 0 Å². The summed E-state index contributed by atoms with van der Waals surface area (Å²) in [4.78, 5) is 0. The molecule has 0 nitrogen and oxygen atoms in total. The lowest BCUT2D eigenvalue weighted by Crippen LogP contribution is -2.39. The number of aryl methyl sites for hydroxylation is 2. The average molecular weight is 478 g/mol. The first-order valence-corrected chi connectivity index (χ1v) is 13.4. The molecule has 4 aromatic rings. The van der Waals surface area contributed by atoms with E-state index in [9.17, 15) is 0 Å². The molecular weight excluding hydrogens is 450 g/mol. The Bertz CT molecular complexity index is 1620. The van der Waals surface area contributed by atoms with Gasteiger partial charge in [-0.3, -0.25) is 0 Å². The number of hydrogen-bond donors (Lipinski definition) is 0. The van der Waals surface area contributed by atoms with Gasteiger partial charge in [-0.05, 0) is 70.4 Å². The molecule has 0 amide bonds. The summed E-state index contributed by atoms with van der Waals surface area (Å²) < 4.78 is 0. The van der Waals surface area contributed by atoms with Crippen LogP contribution in [0.4, 0.5) is 0 Å². The molecule has 0 saturated carbocycles. The van der Waals surface area contributed by atoms with Crippen LogP contribution in [0.3, 0.4) is 0 Å². The second kappa shape index (κ2) is 7.80. The standard InChI is InChI=1S/C34H28BP/c1-20-18-21(2)32(35)26(19-20)24-13-9-17-30-31(24)33(36)25-12-5-8-16-29(25)34(30)27-14-6-3-10-22(27)23-11-4-7-15-28(23)34/h3-12,14-19,24,36H,13,35H2,1-2H3. The molecule has 1 unspecified atom stereocenters. The van der Waals surface area contributed by atoms with Gasteiger partial charge < -0.3 is 0 Å². The van der Waals surface area contributed by atoms with Gasteiger partial charge >= 0.3 is 0 Å². The van der Waals surface area contributed by atoms with Crippen molar-refractivity contribution in [1.29, 1.82) is 0 Å². The summed E-state index contributed by atoms with van der Waals surface area (Å²) in [6.45, 7) is 4.47. The Labute approximate surface area is 217 Å². The maximum atomic E-state index is 4.23. The van der Waals surface area contributed by atoms with Gasteiger partial charge in [-0.2, -0.15) is 0 Å². The van der Waals surface area contributed by atoms with Crippen molar-refractivity contribution in [2.24, 2.45) is 0 Å². The van der Waals surface area contributed by atoms with Gasteiger partial charge in [-0.25, -0.2) is 0 Å². The van der Waals surface area contributed by atoms with Crippen molar-refractivity contribution in [1.82, 2.24) is 0 Å². The van der Waals surface area contributed by atoms with E-state index in [1.165, 1.54) is 72.0 Å². The lowest BCUT2D eigenvalue weighted by molar-refractivity contribution is 0.708. The largest absolute Gasteiger partial charge is 0.140 e. The fourth-order valence-corrected chi connectivity index (χ4v) is 7.73. The van der Waals surface area contributed by atoms with E-state index in [0.717, 1.165) is 6.42 Å². The van der Waals surface area contributed by atoms with Gasteiger partial charge in [0.05, 0.1) is 5.41 Å². The Kier molecular flexibility index (Phi) is 4.73. The first kappa shape index (κ1) is 21.8. The molecule has 3 aliphatic carbocycles. The molecule has 0 aliphatic heterocycles. The fraction of sp³-hybridized carbons (Fsp3) is 0.147. The maximum absolute atomic E-state index is 4.23. The van der Waals surface area contributed by atoms with Crippen molar-refractivity contribution in [3.63, 3.8) is 0 Å². The average Bonchev–Trinajstić information content (AvgIpc) is 3.20. The lowest BCUT2D eigenvalue weighted by atomic mass is 9.57. The van der Waals surface area contributed by atoms with Crippen LogP contribution in [-0.4, -0.2) is 13.1 Å². The van der Waals surface area contributed by atoms with Crippen LogP contribution in [0.5, 0.6) is 0 Å². The highest BCUT2D eigenvalue weighted by Gasteiger charge is 2.52. The van der Waals surface area contributed by atoms with Gasteiger partial charge in [0.2, 0.25) is 0 Å². The molecule has 0 saturated heterocycles. The van der Waals surface area contributed by atoms with Crippen molar-refractivity contribution in [3.8, 4) is 11.1 Å². The van der Waals surface area contributed by atoms with Gasteiger partial charge in [0.15, 0.2) is 0 Å². The van der Waals surface area contributed by atoms with Gasteiger partial charge in [0.25, 0.3) is 0 Å². The highest BCUT2D eigenvalue weighted by atomic mass is 31.0. The molecule has 2 heteroatoms. The Morgan fingerprint density at radius 3 is 1.97 bits per heavy atom. The van der Waals surface area contributed by atoms with Crippen LogP contribution in [0.2, 0.25) is 0 Å². The third kappa shape index (κ3) is 2.70. The van der Waals surface area contributed by atoms with Crippen molar-refractivity contribution >= 4 is 27.5 Å². The lowest BCUT2D eigenvalue weighted by Gasteiger charge is -2.45. The Hall–Kier alpha value is -3.41. The summed E-state index contributed by atoms with van der Waals surface area (Å²) in [7, 11) is 6.52. The van der Waals surface area contributed by atoms with Gasteiger partial charge in [-0.1, -0.05) is 114 Å². The second-order valence-electron chi connectivity index (χ2n) is 10.6. The summed E-state index contributed by atoms with van der Waals surface area (Å²) in [6, 6.07) is 31.9. The van der Waals surface area contributed by atoms with Crippen molar-refractivity contribution < 1.29 is 0 Å². The van der Waals surface area contributed by atoms with Gasteiger partial charge in [-0.15, -0.1) is 8.86 Å². The minimum atomic E-state index is -0.322. The molecule has 3 aliphatic rings. The summed E-state index contributed by atoms with van der Waals surface area (Å²) in [6.07, 6.45) is 5.86. The predicted molar refractivity (Wildman–Crippen MR) is 158 cm³/mol. The maximum Gasteiger partial charge on any atom is 0.140 e. The van der Waals surface area contributed by atoms with Crippen LogP contribution in [0, 0.1) is 13.8 Å². The van der Waals surface area contributed by atoms with E-state index in [-0.39, 0.29) is 5.41 Å². The van der Waals surface area contributed by atoms with Crippen molar-refractivity contribution in [3.05, 3.63) is 147 Å².